The van der Waals surface area contributed by atoms with E-state index in [1.165, 1.54) is 0 Å². The Morgan fingerprint density at radius 2 is 0.947 bits per heavy atom. The molecule has 0 bridgehead atoms. The Morgan fingerprint density at radius 3 is 1.21 bits per heavy atom. The molecular formula is C15H19O2SY-. The van der Waals surface area contributed by atoms with Crippen molar-refractivity contribution in [3.05, 3.63) is 68.1 Å². The molecule has 0 saturated heterocycles. The van der Waals surface area contributed by atoms with Crippen LogP contribution in [-0.4, -0.2) is 8.42 Å². The van der Waals surface area contributed by atoms with E-state index in [1.807, 2.05) is 13.8 Å². The zero-order valence-corrected chi connectivity index (χ0v) is 15.2. The molecule has 0 N–H and O–H groups in total. The summed E-state index contributed by atoms with van der Waals surface area (Å²) in [5, 5.41) is 0. The molecule has 0 saturated carbocycles. The number of benzene rings is 2. The molecule has 0 aromatic heterocycles. The average molecular weight is 352 g/mol. The normalized spacial score (nSPS) is 9.16. The average Bonchev–Trinajstić information content (AvgIpc) is 2.43. The van der Waals surface area contributed by atoms with E-state index in [0.29, 0.717) is 9.79 Å². The molecule has 0 aliphatic heterocycles. The third-order valence-electron chi connectivity index (χ3n) is 2.11. The molecule has 2 nitrogen and oxygen atoms in total. The van der Waals surface area contributed by atoms with Crippen molar-refractivity contribution in [3.63, 3.8) is 0 Å². The van der Waals surface area contributed by atoms with Gasteiger partial charge in [-0.3, -0.25) is 0 Å². The predicted molar refractivity (Wildman–Crippen MR) is 76.1 cm³/mol. The summed E-state index contributed by atoms with van der Waals surface area (Å²) in [6.45, 7) is 4.00. The Labute approximate surface area is 142 Å². The fraction of sp³-hybridized carbons (Fsp3) is 0.133. The van der Waals surface area contributed by atoms with Gasteiger partial charge in [0.15, 0.2) is 0 Å². The maximum absolute atomic E-state index is 12.0. The van der Waals surface area contributed by atoms with E-state index in [9.17, 15) is 8.42 Å². The van der Waals surface area contributed by atoms with Crippen LogP contribution in [0, 0.1) is 7.43 Å². The van der Waals surface area contributed by atoms with Crippen LogP contribution < -0.4 is 0 Å². The Kier molecular flexibility index (Phi) is 11.3. The van der Waals surface area contributed by atoms with Crippen molar-refractivity contribution in [3.8, 4) is 0 Å². The Bertz CT molecular complexity index is 491. The third-order valence-corrected chi connectivity index (χ3v) is 3.89. The van der Waals surface area contributed by atoms with Crippen LogP contribution in [0.4, 0.5) is 0 Å². The molecule has 2 rings (SSSR count). The van der Waals surface area contributed by atoms with Gasteiger partial charge in [0.25, 0.3) is 0 Å². The summed E-state index contributed by atoms with van der Waals surface area (Å²) in [7, 11) is -3.34. The van der Waals surface area contributed by atoms with Crippen molar-refractivity contribution in [2.75, 3.05) is 0 Å². The minimum atomic E-state index is -3.34. The van der Waals surface area contributed by atoms with Gasteiger partial charge in [-0.1, -0.05) is 50.2 Å². The first-order chi connectivity index (χ1) is 8.21. The summed E-state index contributed by atoms with van der Waals surface area (Å²) >= 11 is 0. The SMILES string of the molecule is CC.O=S(=O)(c1ccccc1)c1ccccc1.[CH3-].[Y]. The van der Waals surface area contributed by atoms with Crippen LogP contribution in [0.25, 0.3) is 0 Å². The standard InChI is InChI=1S/C12H10O2S.C2H6.CH3.Y/c13-15(14,11-7-3-1-4-8-11)12-9-5-2-6-10-12;1-2;;/h1-10H;1-2H3;1H3;/q;;-1;. The molecule has 0 heterocycles. The summed E-state index contributed by atoms with van der Waals surface area (Å²) in [5.74, 6) is 0. The summed E-state index contributed by atoms with van der Waals surface area (Å²) < 4.78 is 24.1. The van der Waals surface area contributed by atoms with E-state index in [0.717, 1.165) is 0 Å². The Balaban J connectivity index is 0. The van der Waals surface area contributed by atoms with E-state index in [2.05, 4.69) is 0 Å². The summed E-state index contributed by atoms with van der Waals surface area (Å²) in [4.78, 5) is 0.660. The van der Waals surface area contributed by atoms with Gasteiger partial charge in [-0.05, 0) is 24.3 Å². The van der Waals surface area contributed by atoms with Gasteiger partial charge in [0.2, 0.25) is 9.84 Å². The van der Waals surface area contributed by atoms with Gasteiger partial charge < -0.3 is 7.43 Å². The van der Waals surface area contributed by atoms with Gasteiger partial charge in [0.05, 0.1) is 9.79 Å². The minimum absolute atomic E-state index is 0. The van der Waals surface area contributed by atoms with Crippen molar-refractivity contribution in [2.45, 2.75) is 23.6 Å². The zero-order valence-electron chi connectivity index (χ0n) is 11.6. The molecule has 0 amide bonds. The van der Waals surface area contributed by atoms with Crippen LogP contribution in [0.5, 0.6) is 0 Å². The summed E-state index contributed by atoms with van der Waals surface area (Å²) in [5.41, 5.74) is 0. The second-order valence-corrected chi connectivity index (χ2v) is 5.08. The molecular weight excluding hydrogens is 333 g/mol. The van der Waals surface area contributed by atoms with Crippen LogP contribution in [-0.2, 0) is 42.5 Å². The van der Waals surface area contributed by atoms with E-state index < -0.39 is 9.84 Å². The third kappa shape index (κ3) is 5.56. The van der Waals surface area contributed by atoms with Crippen LogP contribution in [0.15, 0.2) is 70.5 Å². The van der Waals surface area contributed by atoms with Crippen molar-refractivity contribution >= 4 is 9.84 Å². The molecule has 1 radical (unpaired) electrons. The largest absolute Gasteiger partial charge is 0.358 e. The van der Waals surface area contributed by atoms with E-state index >= 15 is 0 Å². The van der Waals surface area contributed by atoms with Crippen molar-refractivity contribution in [2.24, 2.45) is 0 Å². The van der Waals surface area contributed by atoms with Gasteiger partial charge in [0.1, 0.15) is 0 Å². The maximum atomic E-state index is 12.0. The van der Waals surface area contributed by atoms with Crippen LogP contribution in [0.1, 0.15) is 13.8 Å². The monoisotopic (exact) mass is 352 g/mol. The van der Waals surface area contributed by atoms with E-state index in [4.69, 9.17) is 0 Å². The molecule has 2 aromatic carbocycles. The molecule has 0 spiro atoms. The van der Waals surface area contributed by atoms with Gasteiger partial charge in [-0.15, -0.1) is 0 Å². The van der Waals surface area contributed by atoms with Crippen LogP contribution in [0.2, 0.25) is 0 Å². The van der Waals surface area contributed by atoms with Crippen molar-refractivity contribution < 1.29 is 41.1 Å². The summed E-state index contributed by atoms with van der Waals surface area (Å²) in [6.07, 6.45) is 0. The molecule has 0 atom stereocenters. The first-order valence-corrected chi connectivity index (χ1v) is 7.05. The second-order valence-electron chi connectivity index (χ2n) is 3.13. The van der Waals surface area contributed by atoms with Gasteiger partial charge in [-0.2, -0.15) is 0 Å². The fourth-order valence-electron chi connectivity index (χ4n) is 1.34. The summed E-state index contributed by atoms with van der Waals surface area (Å²) in [6, 6.07) is 16.9. The van der Waals surface area contributed by atoms with Gasteiger partial charge >= 0.3 is 0 Å². The first-order valence-electron chi connectivity index (χ1n) is 5.56. The molecule has 0 aliphatic rings. The molecule has 0 fully saturated rings. The molecule has 2 aromatic rings. The minimum Gasteiger partial charge on any atom is -0.358 e. The van der Waals surface area contributed by atoms with E-state index in [1.54, 1.807) is 60.7 Å². The van der Waals surface area contributed by atoms with E-state index in [-0.39, 0.29) is 40.1 Å². The molecule has 4 heteroatoms. The number of hydrogen-bond acceptors (Lipinski definition) is 2. The Morgan fingerprint density at radius 1 is 0.684 bits per heavy atom. The first kappa shape index (κ1) is 20.8. The molecule has 0 unspecified atom stereocenters. The number of rotatable bonds is 2. The topological polar surface area (TPSA) is 34.1 Å². The van der Waals surface area contributed by atoms with Gasteiger partial charge in [-0.25, -0.2) is 8.42 Å². The molecule has 19 heavy (non-hydrogen) atoms. The van der Waals surface area contributed by atoms with Crippen LogP contribution >= 0.6 is 0 Å². The smallest absolute Gasteiger partial charge is 0.206 e. The molecule has 101 valence electrons. The quantitative estimate of drug-likeness (QED) is 0.766. The van der Waals surface area contributed by atoms with Crippen molar-refractivity contribution in [1.82, 2.24) is 0 Å². The van der Waals surface area contributed by atoms with Crippen LogP contribution in [0.3, 0.4) is 0 Å². The maximum Gasteiger partial charge on any atom is 0.206 e. The number of hydrogen-bond donors (Lipinski definition) is 0. The predicted octanol–water partition coefficient (Wildman–Crippen LogP) is 3.99. The molecule has 0 aliphatic carbocycles. The second kappa shape index (κ2) is 10.3. The zero-order chi connectivity index (χ0) is 12.7. The fourth-order valence-corrected chi connectivity index (χ4v) is 2.64. The number of sulfone groups is 1. The van der Waals surface area contributed by atoms with Crippen molar-refractivity contribution in [1.29, 1.82) is 0 Å². The van der Waals surface area contributed by atoms with Gasteiger partial charge in [0, 0.05) is 32.7 Å². The Hall–Kier alpha value is -0.506.